The quantitative estimate of drug-likeness (QED) is 0.175. The summed E-state index contributed by atoms with van der Waals surface area (Å²) in [6.07, 6.45) is 0.438. The SMILES string of the molecule is Cc1cc(C(C)(C)C)[c]([Ge]2[C](c3ccccc3)=[C]3C4=[C](c5ccccc5C(CC#N)C4NCC(C)(C)c4cc(C)c(C)c(C)[c]42)[Ge]3([c]2c(C(C)(C)C)cc(C)c(C)c2C)[c]2c(C(C)(C)C)cc(C)c(C)c2C)c(C)c1C. The molecule has 0 bridgehead atoms. The van der Waals surface area contributed by atoms with Gasteiger partial charge in [0, 0.05) is 0 Å². The number of nitriles is 1. The third-order valence-corrected chi connectivity index (χ3v) is 38.6. The van der Waals surface area contributed by atoms with E-state index in [0.29, 0.717) is 6.42 Å². The number of hydrogen-bond donors (Lipinski definition) is 1. The van der Waals surface area contributed by atoms with Gasteiger partial charge in [0.15, 0.2) is 0 Å². The minimum absolute atomic E-state index is 0.0358. The zero-order chi connectivity index (χ0) is 55.8. The Kier molecular flexibility index (Phi) is 14.2. The molecule has 3 aliphatic rings. The molecule has 0 spiro atoms. The van der Waals surface area contributed by atoms with Gasteiger partial charge in [-0.3, -0.25) is 0 Å². The first-order valence-corrected chi connectivity index (χ1v) is 35.8. The van der Waals surface area contributed by atoms with Crippen molar-refractivity contribution in [3.05, 3.63) is 195 Å². The van der Waals surface area contributed by atoms with E-state index < -0.39 is 27.6 Å². The number of hydrogen-bond acceptors (Lipinski definition) is 2. The van der Waals surface area contributed by atoms with E-state index in [1.54, 1.807) is 30.8 Å². The molecule has 9 rings (SSSR count). The van der Waals surface area contributed by atoms with Gasteiger partial charge in [-0.05, 0) is 0 Å². The van der Waals surface area contributed by atoms with Crippen LogP contribution in [0.5, 0.6) is 0 Å². The van der Waals surface area contributed by atoms with Crippen LogP contribution >= 0.6 is 0 Å². The first-order chi connectivity index (χ1) is 35.3. The predicted octanol–water partition coefficient (Wildman–Crippen LogP) is 15.0. The van der Waals surface area contributed by atoms with E-state index in [1.165, 1.54) is 111 Å². The van der Waals surface area contributed by atoms with Crippen LogP contribution in [0, 0.1) is 94.4 Å². The summed E-state index contributed by atoms with van der Waals surface area (Å²) >= 11 is -7.68. The summed E-state index contributed by atoms with van der Waals surface area (Å²) in [6.45, 7) is 57.3. The molecule has 1 N–H and O–H groups in total. The molecule has 2 heterocycles. The average Bonchev–Trinajstić information content (AvgIpc) is 3.34. The normalized spacial score (nSPS) is 18.4. The summed E-state index contributed by atoms with van der Waals surface area (Å²) in [6, 6.07) is 34.7. The molecule has 2 aliphatic heterocycles. The van der Waals surface area contributed by atoms with E-state index in [0.717, 1.165) is 6.54 Å². The van der Waals surface area contributed by atoms with Crippen molar-refractivity contribution >= 4 is 54.0 Å². The maximum atomic E-state index is 11.2. The fourth-order valence-electron chi connectivity index (χ4n) is 14.3. The molecule has 6 aromatic carbocycles. The molecule has 0 saturated carbocycles. The molecule has 2 unspecified atom stereocenters. The van der Waals surface area contributed by atoms with Crippen LogP contribution in [0.15, 0.2) is 88.8 Å². The van der Waals surface area contributed by atoms with Crippen molar-refractivity contribution in [2.75, 3.05) is 6.54 Å². The van der Waals surface area contributed by atoms with Gasteiger partial charge in [0.05, 0.1) is 0 Å². The molecule has 0 aromatic heterocycles. The van der Waals surface area contributed by atoms with Crippen LogP contribution < -0.4 is 22.9 Å². The van der Waals surface area contributed by atoms with E-state index in [2.05, 4.69) is 249 Å². The fraction of sp³-hybridized carbons (Fsp3) is 0.431. The van der Waals surface area contributed by atoms with Crippen molar-refractivity contribution < 1.29 is 0 Å². The summed E-state index contributed by atoms with van der Waals surface area (Å²) < 4.78 is 11.5. The van der Waals surface area contributed by atoms with Crippen molar-refractivity contribution in [1.29, 1.82) is 5.26 Å². The van der Waals surface area contributed by atoms with Gasteiger partial charge in [0.25, 0.3) is 0 Å². The Morgan fingerprint density at radius 1 is 0.553 bits per heavy atom. The van der Waals surface area contributed by atoms with E-state index >= 15 is 0 Å². The second-order valence-corrected chi connectivity index (χ2v) is 39.6. The summed E-state index contributed by atoms with van der Waals surface area (Å²) in [7, 11) is 0. The zero-order valence-corrected chi connectivity index (χ0v) is 55.2. The Balaban J connectivity index is 1.78. The van der Waals surface area contributed by atoms with Gasteiger partial charge in [-0.2, -0.15) is 0 Å². The third kappa shape index (κ3) is 8.49. The molecule has 395 valence electrons. The average molecular weight is 1130 g/mol. The Hall–Kier alpha value is -4.66. The number of nitrogens with zero attached hydrogens (tertiary/aromatic N) is 1. The molecule has 2 atom stereocenters. The standard InChI is InChI=1S/C72H89Ge2N2/c1-40-35-56(69(13,14)15)61(48(9)44(40)5)73-62-49(10)45(6)41(2)36-57(62)72(22,23)39-76-68-55(33-34-75)53-31-27-28-32-54(53)66-60(68)67(63(73)52-29-25-24-26-30-52)74(66,64-50(11)46(7)42(3)37-58(64)70(16,17)18)65-51(12)47(8)43(4)38-59(65)71(19,20)21/h24-32,35-38,55,68,76H,33,39H2,1-23H3. The van der Waals surface area contributed by atoms with Gasteiger partial charge in [-0.1, -0.05) is 0 Å². The predicted molar refractivity (Wildman–Crippen MR) is 333 cm³/mol. The molecule has 2 nitrogen and oxygen atoms in total. The van der Waals surface area contributed by atoms with E-state index in [9.17, 15) is 5.26 Å². The molecule has 0 fully saturated rings. The molecular formula is C72H89Ge2N2. The molecule has 6 aromatic rings. The van der Waals surface area contributed by atoms with Crippen LogP contribution in [0.25, 0.3) is 8.81 Å². The molecule has 0 saturated heterocycles. The Morgan fingerprint density at radius 2 is 1.00 bits per heavy atom. The first kappa shape index (κ1) is 56.1. The van der Waals surface area contributed by atoms with Crippen molar-refractivity contribution in [3.8, 4) is 6.07 Å². The number of nitrogens with one attached hydrogen (secondary N) is 1. The molecule has 1 radical (unpaired) electrons. The van der Waals surface area contributed by atoms with Crippen LogP contribution in [0.4, 0.5) is 0 Å². The first-order valence-electron chi connectivity index (χ1n) is 28.4. The minimum atomic E-state index is -4.50. The molecule has 0 amide bonds. The summed E-state index contributed by atoms with van der Waals surface area (Å²) in [5.41, 5.74) is 27.9. The van der Waals surface area contributed by atoms with Crippen molar-refractivity contribution in [2.45, 2.75) is 199 Å². The van der Waals surface area contributed by atoms with Crippen LogP contribution in [0.1, 0.15) is 194 Å². The second kappa shape index (κ2) is 19.3. The molecular weight excluding hydrogens is 1040 g/mol. The van der Waals surface area contributed by atoms with Crippen LogP contribution in [0.2, 0.25) is 0 Å². The van der Waals surface area contributed by atoms with Crippen molar-refractivity contribution in [1.82, 2.24) is 5.32 Å². The maximum absolute atomic E-state index is 11.2. The Morgan fingerprint density at radius 3 is 1.50 bits per heavy atom. The number of benzene rings is 6. The Bertz CT molecular complexity index is 3430. The number of rotatable bonds is 5. The molecule has 76 heavy (non-hydrogen) atoms. The summed E-state index contributed by atoms with van der Waals surface area (Å²) in [5.74, 6) is -0.0358. The van der Waals surface area contributed by atoms with E-state index in [-0.39, 0.29) is 33.6 Å². The van der Waals surface area contributed by atoms with Gasteiger partial charge >= 0.3 is 471 Å². The topological polar surface area (TPSA) is 35.8 Å². The van der Waals surface area contributed by atoms with Gasteiger partial charge in [0.2, 0.25) is 0 Å². The van der Waals surface area contributed by atoms with Gasteiger partial charge in [-0.25, -0.2) is 0 Å². The number of fused-ring (bicyclic) bond motifs is 3. The van der Waals surface area contributed by atoms with Gasteiger partial charge in [-0.15, -0.1) is 0 Å². The fourth-order valence-corrected chi connectivity index (χ4v) is 41.1. The molecule has 4 heteroatoms. The van der Waals surface area contributed by atoms with Crippen molar-refractivity contribution in [3.63, 3.8) is 0 Å². The number of aryl methyl sites for hydroxylation is 4. The molecule has 1 aliphatic carbocycles. The van der Waals surface area contributed by atoms with Crippen LogP contribution in [0.3, 0.4) is 0 Å². The van der Waals surface area contributed by atoms with Gasteiger partial charge in [0.1, 0.15) is 0 Å². The van der Waals surface area contributed by atoms with E-state index in [1.807, 2.05) is 0 Å². The van der Waals surface area contributed by atoms with E-state index in [4.69, 9.17) is 0 Å². The summed E-state index contributed by atoms with van der Waals surface area (Å²) in [5, 5.41) is 15.7. The van der Waals surface area contributed by atoms with Crippen LogP contribution in [-0.2, 0) is 21.7 Å². The second-order valence-electron chi connectivity index (χ2n) is 27.5. The van der Waals surface area contributed by atoms with Gasteiger partial charge < -0.3 is 0 Å². The Labute approximate surface area is 467 Å². The monoisotopic (exact) mass is 1130 g/mol. The third-order valence-electron chi connectivity index (χ3n) is 19.3. The van der Waals surface area contributed by atoms with Crippen LogP contribution in [-0.4, -0.2) is 40.2 Å². The van der Waals surface area contributed by atoms with Crippen molar-refractivity contribution in [2.24, 2.45) is 0 Å². The summed E-state index contributed by atoms with van der Waals surface area (Å²) in [4.78, 5) is 0. The zero-order valence-electron chi connectivity index (χ0n) is 51.0.